The van der Waals surface area contributed by atoms with E-state index < -0.39 is 11.7 Å². The molecule has 1 fully saturated rings. The summed E-state index contributed by atoms with van der Waals surface area (Å²) in [5.41, 5.74) is 1.11. The maximum Gasteiger partial charge on any atom is 0.293 e. The zero-order chi connectivity index (χ0) is 24.5. The van der Waals surface area contributed by atoms with Crippen LogP contribution in [0.15, 0.2) is 35.3 Å². The van der Waals surface area contributed by atoms with Gasteiger partial charge in [-0.1, -0.05) is 6.07 Å². The molecule has 34 heavy (non-hydrogen) atoms. The Labute approximate surface area is 193 Å². The van der Waals surface area contributed by atoms with E-state index in [9.17, 15) is 22.8 Å². The maximum atomic E-state index is 14.5. The third-order valence-corrected chi connectivity index (χ3v) is 5.85. The largest absolute Gasteiger partial charge is 0.478 e. The predicted octanol–water partition coefficient (Wildman–Crippen LogP) is 2.42. The van der Waals surface area contributed by atoms with Crippen molar-refractivity contribution in [3.05, 3.63) is 57.9 Å². The number of hydrogen-bond donors (Lipinski definition) is 1. The van der Waals surface area contributed by atoms with Gasteiger partial charge in [0, 0.05) is 51.8 Å². The molecule has 1 amide bonds. The summed E-state index contributed by atoms with van der Waals surface area (Å²) in [5, 5.41) is 3.09. The summed E-state index contributed by atoms with van der Waals surface area (Å²) in [5.74, 6) is -3.43. The number of aryl methyl sites for hydroxylation is 1. The third kappa shape index (κ3) is 4.97. The van der Waals surface area contributed by atoms with Gasteiger partial charge < -0.3 is 19.5 Å². The Kier molecular flexibility index (Phi) is 6.45. The smallest absolute Gasteiger partial charge is 0.293 e. The Morgan fingerprint density at radius 3 is 2.68 bits per heavy atom. The van der Waals surface area contributed by atoms with Gasteiger partial charge in [-0.2, -0.15) is 0 Å². The highest BCUT2D eigenvalue weighted by Crippen LogP contribution is 2.29. The molecule has 0 spiro atoms. The topological polar surface area (TPSA) is 89.3 Å². The molecule has 1 saturated heterocycles. The van der Waals surface area contributed by atoms with E-state index in [1.54, 1.807) is 36.2 Å². The Balaban J connectivity index is 1.60. The second-order valence-electron chi connectivity index (χ2n) is 8.21. The van der Waals surface area contributed by atoms with Gasteiger partial charge in [0.2, 0.25) is 5.95 Å². The van der Waals surface area contributed by atoms with Gasteiger partial charge in [0.15, 0.2) is 18.2 Å². The fourth-order valence-electron chi connectivity index (χ4n) is 3.83. The first-order chi connectivity index (χ1) is 16.2. The number of fused-ring (bicyclic) bond motifs is 1. The van der Waals surface area contributed by atoms with E-state index in [1.165, 1.54) is 11.6 Å². The molecule has 8 nitrogen and oxygen atoms in total. The van der Waals surface area contributed by atoms with Gasteiger partial charge in [-0.15, -0.1) is 0 Å². The number of piperidine rings is 1. The van der Waals surface area contributed by atoms with E-state index in [1.807, 2.05) is 0 Å². The number of carbonyl (C=O) groups excluding carboxylic acids is 1. The highest BCUT2D eigenvalue weighted by atomic mass is 19.3. The van der Waals surface area contributed by atoms with E-state index in [0.29, 0.717) is 10.9 Å². The van der Waals surface area contributed by atoms with Crippen LogP contribution >= 0.6 is 0 Å². The van der Waals surface area contributed by atoms with Crippen LogP contribution < -0.4 is 20.5 Å². The molecule has 0 atom stereocenters. The number of hydrogen-bond acceptors (Lipinski definition) is 6. The minimum Gasteiger partial charge on any atom is -0.478 e. The van der Waals surface area contributed by atoms with Gasteiger partial charge in [-0.3, -0.25) is 9.59 Å². The van der Waals surface area contributed by atoms with Crippen molar-refractivity contribution in [2.24, 2.45) is 7.05 Å². The van der Waals surface area contributed by atoms with Crippen molar-refractivity contribution in [2.45, 2.75) is 25.2 Å². The van der Waals surface area contributed by atoms with Crippen molar-refractivity contribution < 1.29 is 22.7 Å². The Morgan fingerprint density at radius 1 is 1.24 bits per heavy atom. The molecule has 1 aliphatic rings. The van der Waals surface area contributed by atoms with Crippen LogP contribution in [-0.2, 0) is 18.3 Å². The first kappa shape index (κ1) is 23.5. The minimum atomic E-state index is -2.70. The normalized spacial score (nSPS) is 15.4. The number of anilines is 1. The minimum absolute atomic E-state index is 0.0214. The van der Waals surface area contributed by atoms with Crippen molar-refractivity contribution in [2.75, 3.05) is 31.6 Å². The predicted molar refractivity (Wildman–Crippen MR) is 120 cm³/mol. The number of amides is 1. The van der Waals surface area contributed by atoms with Crippen molar-refractivity contribution in [3.63, 3.8) is 0 Å². The monoisotopic (exact) mass is 475 g/mol. The third-order valence-electron chi connectivity index (χ3n) is 5.85. The SMILES string of the molecule is CNC(=O)COc1cc2cc(Cc3nc(N4CCC(F)(F)CC4)ncc3F)ccc2n(C)c1=O. The summed E-state index contributed by atoms with van der Waals surface area (Å²) in [7, 11) is 3.06. The van der Waals surface area contributed by atoms with Crippen LogP contribution in [0.5, 0.6) is 5.75 Å². The molecule has 0 aliphatic carbocycles. The number of nitrogens with one attached hydrogen (secondary N) is 1. The second kappa shape index (κ2) is 9.32. The Hall–Kier alpha value is -3.63. The van der Waals surface area contributed by atoms with Crippen molar-refractivity contribution in [3.8, 4) is 5.75 Å². The van der Waals surface area contributed by atoms with Crippen molar-refractivity contribution >= 4 is 22.8 Å². The zero-order valence-electron chi connectivity index (χ0n) is 18.8. The molecule has 1 aromatic carbocycles. The molecule has 3 aromatic rings. The molecule has 1 N–H and O–H groups in total. The van der Waals surface area contributed by atoms with Gasteiger partial charge in [-0.25, -0.2) is 23.1 Å². The number of rotatable bonds is 6. The van der Waals surface area contributed by atoms with Crippen LogP contribution in [0.3, 0.4) is 0 Å². The summed E-state index contributed by atoms with van der Waals surface area (Å²) < 4.78 is 48.2. The standard InChI is InChI=1S/C23H24F3N5O3/c1-27-20(32)13-34-19-11-15-9-14(3-4-18(15)30(2)21(19)33)10-17-16(24)12-28-22(29-17)31-7-5-23(25,26)6-8-31/h3-4,9,11-12H,5-8,10,13H2,1-2H3,(H,27,32). The lowest BCUT2D eigenvalue weighted by atomic mass is 10.1. The number of carbonyl (C=O) groups is 1. The molecule has 1 aliphatic heterocycles. The number of alkyl halides is 2. The molecule has 0 unspecified atom stereocenters. The first-order valence-corrected chi connectivity index (χ1v) is 10.8. The molecular formula is C23H24F3N5O3. The fraction of sp³-hybridized carbons (Fsp3) is 0.391. The van der Waals surface area contributed by atoms with Crippen LogP contribution in [0.2, 0.25) is 0 Å². The van der Waals surface area contributed by atoms with Crippen LogP contribution in [0.25, 0.3) is 10.9 Å². The first-order valence-electron chi connectivity index (χ1n) is 10.8. The van der Waals surface area contributed by atoms with E-state index in [-0.39, 0.29) is 67.8 Å². The van der Waals surface area contributed by atoms with Gasteiger partial charge in [-0.05, 0) is 23.8 Å². The van der Waals surface area contributed by atoms with Crippen LogP contribution in [0, 0.1) is 5.82 Å². The van der Waals surface area contributed by atoms with Crippen molar-refractivity contribution in [1.82, 2.24) is 19.9 Å². The molecule has 11 heteroatoms. The molecule has 2 aromatic heterocycles. The second-order valence-corrected chi connectivity index (χ2v) is 8.21. The lowest BCUT2D eigenvalue weighted by Gasteiger charge is -2.31. The number of nitrogens with zero attached hydrogens (tertiary/aromatic N) is 4. The van der Waals surface area contributed by atoms with Crippen LogP contribution in [0.1, 0.15) is 24.1 Å². The average Bonchev–Trinajstić information content (AvgIpc) is 2.81. The zero-order valence-corrected chi connectivity index (χ0v) is 18.8. The fourth-order valence-corrected chi connectivity index (χ4v) is 3.83. The number of benzene rings is 1. The molecule has 0 bridgehead atoms. The number of likely N-dealkylation sites (N-methyl/N-ethyl adjacent to an activating group) is 1. The summed E-state index contributed by atoms with van der Waals surface area (Å²) in [6.45, 7) is -0.101. The van der Waals surface area contributed by atoms with E-state index in [4.69, 9.17) is 4.74 Å². The number of ether oxygens (including phenoxy) is 1. The summed E-state index contributed by atoms with van der Waals surface area (Å²) in [6, 6.07) is 6.82. The Morgan fingerprint density at radius 2 is 1.97 bits per heavy atom. The molecule has 0 saturated carbocycles. The maximum absolute atomic E-state index is 14.5. The van der Waals surface area contributed by atoms with E-state index in [2.05, 4.69) is 15.3 Å². The average molecular weight is 475 g/mol. The van der Waals surface area contributed by atoms with Gasteiger partial charge in [0.25, 0.3) is 17.4 Å². The summed E-state index contributed by atoms with van der Waals surface area (Å²) in [4.78, 5) is 33.9. The number of pyridine rings is 1. The highest BCUT2D eigenvalue weighted by Gasteiger charge is 2.34. The van der Waals surface area contributed by atoms with Gasteiger partial charge >= 0.3 is 0 Å². The lowest BCUT2D eigenvalue weighted by molar-refractivity contribution is -0.122. The molecule has 0 radical (unpaired) electrons. The van der Waals surface area contributed by atoms with Gasteiger partial charge in [0.1, 0.15) is 0 Å². The number of aromatic nitrogens is 3. The van der Waals surface area contributed by atoms with Crippen molar-refractivity contribution in [1.29, 1.82) is 0 Å². The highest BCUT2D eigenvalue weighted by molar-refractivity contribution is 5.81. The van der Waals surface area contributed by atoms with E-state index in [0.717, 1.165) is 11.8 Å². The van der Waals surface area contributed by atoms with Crippen LogP contribution in [-0.4, -0.2) is 53.1 Å². The lowest BCUT2D eigenvalue weighted by Crippen LogP contribution is -2.40. The summed E-state index contributed by atoms with van der Waals surface area (Å²) >= 11 is 0. The van der Waals surface area contributed by atoms with Gasteiger partial charge in [0.05, 0.1) is 17.4 Å². The van der Waals surface area contributed by atoms with E-state index >= 15 is 0 Å². The Bertz CT molecular complexity index is 1280. The molecule has 180 valence electrons. The quantitative estimate of drug-likeness (QED) is 0.589. The van der Waals surface area contributed by atoms with Crippen LogP contribution in [0.4, 0.5) is 19.1 Å². The molecule has 3 heterocycles. The number of halogens is 3. The summed E-state index contributed by atoms with van der Waals surface area (Å²) in [6.07, 6.45) is 0.603. The molecular weight excluding hydrogens is 451 g/mol. The molecule has 4 rings (SSSR count).